The van der Waals surface area contributed by atoms with Crippen LogP contribution < -0.4 is 0 Å². The second-order valence-electron chi connectivity index (χ2n) is 5.61. The van der Waals surface area contributed by atoms with Gasteiger partial charge in [0.2, 0.25) is 0 Å². The van der Waals surface area contributed by atoms with E-state index >= 15 is 0 Å². The lowest BCUT2D eigenvalue weighted by Gasteiger charge is -2.38. The first-order valence-electron chi connectivity index (χ1n) is 7.06. The van der Waals surface area contributed by atoms with Crippen LogP contribution in [0.25, 0.3) is 0 Å². The molecule has 19 heavy (non-hydrogen) atoms. The average molecular weight is 282 g/mol. The molecule has 2 aliphatic rings. The summed E-state index contributed by atoms with van der Waals surface area (Å²) in [6, 6.07) is 0.625. The third-order valence-electron chi connectivity index (χ3n) is 4.23. The molecule has 1 saturated heterocycles. The molecular weight excluding hydrogens is 260 g/mol. The van der Waals surface area contributed by atoms with Gasteiger partial charge in [-0.05, 0) is 26.8 Å². The van der Waals surface area contributed by atoms with Gasteiger partial charge in [-0.3, -0.25) is 4.90 Å². The van der Waals surface area contributed by atoms with E-state index in [4.69, 9.17) is 9.47 Å². The number of aromatic nitrogens is 1. The van der Waals surface area contributed by atoms with Crippen molar-refractivity contribution in [1.82, 2.24) is 9.88 Å². The molecule has 0 radical (unpaired) electrons. The number of hydrogen-bond acceptors (Lipinski definition) is 5. The number of ether oxygens (including phenoxy) is 2. The van der Waals surface area contributed by atoms with Crippen molar-refractivity contribution in [3.63, 3.8) is 0 Å². The molecule has 0 N–H and O–H groups in total. The van der Waals surface area contributed by atoms with Crippen LogP contribution in [0.4, 0.5) is 0 Å². The van der Waals surface area contributed by atoms with Crippen molar-refractivity contribution < 1.29 is 9.47 Å². The number of nitrogens with zero attached hydrogens (tertiary/aromatic N) is 2. The van der Waals surface area contributed by atoms with E-state index in [-0.39, 0.29) is 5.79 Å². The summed E-state index contributed by atoms with van der Waals surface area (Å²) < 4.78 is 11.6. The monoisotopic (exact) mass is 282 g/mol. The Kier molecular flexibility index (Phi) is 3.89. The van der Waals surface area contributed by atoms with E-state index in [1.165, 1.54) is 5.69 Å². The van der Waals surface area contributed by atoms with Gasteiger partial charge in [0.1, 0.15) is 0 Å². The lowest BCUT2D eigenvalue weighted by Crippen LogP contribution is -2.42. The Morgan fingerprint density at radius 3 is 2.63 bits per heavy atom. The van der Waals surface area contributed by atoms with Gasteiger partial charge in [0, 0.05) is 30.8 Å². The molecule has 106 valence electrons. The summed E-state index contributed by atoms with van der Waals surface area (Å²) in [5.74, 6) is -0.242. The third-order valence-corrected chi connectivity index (χ3v) is 5.05. The summed E-state index contributed by atoms with van der Waals surface area (Å²) in [4.78, 5) is 6.97. The van der Waals surface area contributed by atoms with Gasteiger partial charge in [0.25, 0.3) is 0 Å². The van der Waals surface area contributed by atoms with Gasteiger partial charge in [-0.15, -0.1) is 11.3 Å². The molecule has 2 heterocycles. The molecule has 0 bridgehead atoms. The van der Waals surface area contributed by atoms with Crippen molar-refractivity contribution in [2.45, 2.75) is 51.0 Å². The van der Waals surface area contributed by atoms with Crippen LogP contribution in [0.1, 0.15) is 36.4 Å². The van der Waals surface area contributed by atoms with Gasteiger partial charge in [0.15, 0.2) is 5.79 Å². The Balaban J connectivity index is 1.53. The standard InChI is InChI=1S/C14H22N2O2S/c1-11-15-12(10-19-11)9-16(2)13-3-5-14(6-4-13)17-7-8-18-14/h10,13H,3-9H2,1-2H3. The molecule has 1 aliphatic heterocycles. The Hall–Kier alpha value is -0.490. The fourth-order valence-corrected chi connectivity index (χ4v) is 3.74. The van der Waals surface area contributed by atoms with Gasteiger partial charge in [-0.25, -0.2) is 4.98 Å². The van der Waals surface area contributed by atoms with Crippen LogP contribution in [-0.2, 0) is 16.0 Å². The first kappa shape index (κ1) is 13.5. The quantitative estimate of drug-likeness (QED) is 0.853. The van der Waals surface area contributed by atoms with Crippen LogP contribution in [0.5, 0.6) is 0 Å². The van der Waals surface area contributed by atoms with Crippen molar-refractivity contribution in [2.24, 2.45) is 0 Å². The molecule has 3 rings (SSSR count). The van der Waals surface area contributed by atoms with E-state index in [0.29, 0.717) is 6.04 Å². The average Bonchev–Trinajstić information content (AvgIpc) is 3.00. The molecule has 0 atom stereocenters. The highest BCUT2D eigenvalue weighted by Crippen LogP contribution is 2.37. The summed E-state index contributed by atoms with van der Waals surface area (Å²) in [5.41, 5.74) is 1.19. The Bertz CT molecular complexity index is 419. The molecule has 1 aromatic heterocycles. The second-order valence-corrected chi connectivity index (χ2v) is 6.67. The van der Waals surface area contributed by atoms with Crippen LogP contribution >= 0.6 is 11.3 Å². The minimum Gasteiger partial charge on any atom is -0.348 e. The van der Waals surface area contributed by atoms with Crippen LogP contribution in [-0.4, -0.2) is 42.0 Å². The van der Waals surface area contributed by atoms with Gasteiger partial charge in [-0.1, -0.05) is 0 Å². The maximum absolute atomic E-state index is 5.78. The van der Waals surface area contributed by atoms with E-state index in [9.17, 15) is 0 Å². The maximum atomic E-state index is 5.78. The summed E-state index contributed by atoms with van der Waals surface area (Å²) in [6.45, 7) is 4.54. The molecule has 0 aromatic carbocycles. The zero-order chi connectivity index (χ0) is 13.3. The topological polar surface area (TPSA) is 34.6 Å². The molecule has 1 aromatic rings. The molecule has 1 aliphatic carbocycles. The molecule has 0 amide bonds. The number of hydrogen-bond donors (Lipinski definition) is 0. The highest BCUT2D eigenvalue weighted by atomic mass is 32.1. The fourth-order valence-electron chi connectivity index (χ4n) is 3.13. The number of thiazole rings is 1. The summed E-state index contributed by atoms with van der Waals surface area (Å²) >= 11 is 1.73. The lowest BCUT2D eigenvalue weighted by molar-refractivity contribution is -0.183. The Labute approximate surface area is 118 Å². The smallest absolute Gasteiger partial charge is 0.168 e. The van der Waals surface area contributed by atoms with Crippen LogP contribution in [0, 0.1) is 6.92 Å². The highest BCUT2D eigenvalue weighted by Gasteiger charge is 2.41. The van der Waals surface area contributed by atoms with Gasteiger partial charge >= 0.3 is 0 Å². The normalized spacial score (nSPS) is 23.5. The van der Waals surface area contributed by atoms with E-state index in [1.807, 2.05) is 0 Å². The summed E-state index contributed by atoms with van der Waals surface area (Å²) in [7, 11) is 2.20. The van der Waals surface area contributed by atoms with E-state index in [1.54, 1.807) is 11.3 Å². The van der Waals surface area contributed by atoms with Crippen molar-refractivity contribution in [3.05, 3.63) is 16.1 Å². The van der Waals surface area contributed by atoms with Gasteiger partial charge in [-0.2, -0.15) is 0 Å². The Morgan fingerprint density at radius 1 is 1.37 bits per heavy atom. The van der Waals surface area contributed by atoms with Crippen LogP contribution in [0.15, 0.2) is 5.38 Å². The van der Waals surface area contributed by atoms with Gasteiger partial charge < -0.3 is 9.47 Å². The zero-order valence-electron chi connectivity index (χ0n) is 11.7. The molecule has 5 heteroatoms. The van der Waals surface area contributed by atoms with Crippen molar-refractivity contribution in [3.8, 4) is 0 Å². The van der Waals surface area contributed by atoms with Crippen molar-refractivity contribution in [2.75, 3.05) is 20.3 Å². The third kappa shape index (κ3) is 2.99. The zero-order valence-corrected chi connectivity index (χ0v) is 12.5. The largest absolute Gasteiger partial charge is 0.348 e. The first-order chi connectivity index (χ1) is 9.17. The maximum Gasteiger partial charge on any atom is 0.168 e. The minimum atomic E-state index is -0.242. The predicted molar refractivity (Wildman–Crippen MR) is 75.2 cm³/mol. The number of aryl methyl sites for hydroxylation is 1. The van der Waals surface area contributed by atoms with E-state index in [2.05, 4.69) is 29.2 Å². The summed E-state index contributed by atoms with van der Waals surface area (Å²) in [6.07, 6.45) is 4.36. The van der Waals surface area contributed by atoms with Crippen molar-refractivity contribution >= 4 is 11.3 Å². The first-order valence-corrected chi connectivity index (χ1v) is 7.94. The molecule has 1 saturated carbocycles. The summed E-state index contributed by atoms with van der Waals surface area (Å²) in [5, 5.41) is 3.32. The predicted octanol–water partition coefficient (Wildman–Crippen LogP) is 2.57. The number of rotatable bonds is 3. The molecule has 2 fully saturated rings. The minimum absolute atomic E-state index is 0.242. The van der Waals surface area contributed by atoms with Crippen LogP contribution in [0.3, 0.4) is 0 Å². The Morgan fingerprint density at radius 2 is 2.05 bits per heavy atom. The molecule has 4 nitrogen and oxygen atoms in total. The molecule has 0 unspecified atom stereocenters. The van der Waals surface area contributed by atoms with Gasteiger partial charge in [0.05, 0.1) is 23.9 Å². The highest BCUT2D eigenvalue weighted by molar-refractivity contribution is 7.09. The van der Waals surface area contributed by atoms with Crippen LogP contribution in [0.2, 0.25) is 0 Å². The lowest BCUT2D eigenvalue weighted by atomic mass is 9.89. The molecular formula is C14H22N2O2S. The molecule has 1 spiro atoms. The van der Waals surface area contributed by atoms with E-state index < -0.39 is 0 Å². The SMILES string of the molecule is Cc1nc(CN(C)C2CCC3(CC2)OCCO3)cs1. The second kappa shape index (κ2) is 5.48. The fraction of sp³-hybridized carbons (Fsp3) is 0.786. The van der Waals surface area contributed by atoms with E-state index in [0.717, 1.165) is 50.4 Å². The van der Waals surface area contributed by atoms with Crippen molar-refractivity contribution in [1.29, 1.82) is 0 Å².